The lowest BCUT2D eigenvalue weighted by Gasteiger charge is -2.06. The van der Waals surface area contributed by atoms with E-state index in [1.807, 2.05) is 13.1 Å². The molecular formula is C10H13NO. The molecule has 64 valence electrons. The lowest BCUT2D eigenvalue weighted by Crippen LogP contribution is -2.18. The predicted octanol–water partition coefficient (Wildman–Crippen LogP) is 1.44. The molecule has 1 aromatic heterocycles. The molecule has 0 saturated carbocycles. The van der Waals surface area contributed by atoms with Crippen LogP contribution in [0.3, 0.4) is 0 Å². The molecule has 0 N–H and O–H groups in total. The third kappa shape index (κ3) is 0.909. The van der Waals surface area contributed by atoms with Crippen LogP contribution in [-0.2, 0) is 13.5 Å². The van der Waals surface area contributed by atoms with Crippen molar-refractivity contribution in [3.63, 3.8) is 0 Å². The molecule has 0 spiro atoms. The van der Waals surface area contributed by atoms with Gasteiger partial charge in [0.1, 0.15) is 0 Å². The standard InChI is InChI=1S/C10H13NO/c1-7-3-5-9-8(7)4-6-10(12)11(9)2/h4,6-7H,3,5H2,1-2H3. The lowest BCUT2D eigenvalue weighted by molar-refractivity contribution is 0.736. The Morgan fingerprint density at radius 3 is 3.00 bits per heavy atom. The molecule has 0 bridgehead atoms. The highest BCUT2D eigenvalue weighted by molar-refractivity contribution is 5.29. The smallest absolute Gasteiger partial charge is 0.250 e. The summed E-state index contributed by atoms with van der Waals surface area (Å²) >= 11 is 0. The fraction of sp³-hybridized carbons (Fsp3) is 0.500. The Kier molecular flexibility index (Phi) is 1.56. The van der Waals surface area contributed by atoms with E-state index >= 15 is 0 Å². The largest absolute Gasteiger partial charge is 0.315 e. The van der Waals surface area contributed by atoms with Crippen LogP contribution in [0.5, 0.6) is 0 Å². The molecular weight excluding hydrogens is 150 g/mol. The van der Waals surface area contributed by atoms with Gasteiger partial charge in [0.15, 0.2) is 0 Å². The first-order chi connectivity index (χ1) is 5.70. The fourth-order valence-corrected chi connectivity index (χ4v) is 1.97. The fourth-order valence-electron chi connectivity index (χ4n) is 1.97. The quantitative estimate of drug-likeness (QED) is 0.567. The SMILES string of the molecule is CC1CCc2c1ccc(=O)n2C. The monoisotopic (exact) mass is 163 g/mol. The molecule has 1 aliphatic carbocycles. The Morgan fingerprint density at radius 1 is 1.50 bits per heavy atom. The minimum absolute atomic E-state index is 0.114. The topological polar surface area (TPSA) is 22.0 Å². The van der Waals surface area contributed by atoms with Gasteiger partial charge in [0.25, 0.3) is 0 Å². The van der Waals surface area contributed by atoms with E-state index in [4.69, 9.17) is 0 Å². The number of hydrogen-bond acceptors (Lipinski definition) is 1. The minimum atomic E-state index is 0.114. The van der Waals surface area contributed by atoms with Gasteiger partial charge in [-0.3, -0.25) is 4.79 Å². The number of pyridine rings is 1. The maximum atomic E-state index is 11.2. The summed E-state index contributed by atoms with van der Waals surface area (Å²) in [6.45, 7) is 2.22. The van der Waals surface area contributed by atoms with Crippen molar-refractivity contribution in [3.8, 4) is 0 Å². The Bertz CT molecular complexity index is 365. The normalized spacial score (nSPS) is 21.0. The summed E-state index contributed by atoms with van der Waals surface area (Å²) in [6, 6.07) is 3.65. The summed E-state index contributed by atoms with van der Waals surface area (Å²) < 4.78 is 1.78. The molecule has 2 nitrogen and oxygen atoms in total. The molecule has 0 aliphatic heterocycles. The molecule has 0 amide bonds. The van der Waals surface area contributed by atoms with E-state index in [-0.39, 0.29) is 5.56 Å². The van der Waals surface area contributed by atoms with Crippen LogP contribution in [0.15, 0.2) is 16.9 Å². The maximum Gasteiger partial charge on any atom is 0.250 e. The van der Waals surface area contributed by atoms with Crippen LogP contribution in [0.2, 0.25) is 0 Å². The van der Waals surface area contributed by atoms with Gasteiger partial charge in [-0.15, -0.1) is 0 Å². The molecule has 0 fully saturated rings. The molecule has 1 aliphatic rings. The number of rotatable bonds is 0. The Balaban J connectivity index is 2.68. The minimum Gasteiger partial charge on any atom is -0.315 e. The van der Waals surface area contributed by atoms with E-state index in [1.165, 1.54) is 17.7 Å². The second-order valence-electron chi connectivity index (χ2n) is 3.57. The van der Waals surface area contributed by atoms with Gasteiger partial charge in [0.05, 0.1) is 0 Å². The summed E-state index contributed by atoms with van der Waals surface area (Å²) in [6.07, 6.45) is 2.25. The molecule has 1 unspecified atom stereocenters. The summed E-state index contributed by atoms with van der Waals surface area (Å²) in [5.41, 5.74) is 2.70. The summed E-state index contributed by atoms with van der Waals surface area (Å²) in [7, 11) is 1.86. The third-order valence-corrected chi connectivity index (χ3v) is 2.82. The van der Waals surface area contributed by atoms with Crippen molar-refractivity contribution in [2.75, 3.05) is 0 Å². The average Bonchev–Trinajstić information content (AvgIpc) is 2.41. The van der Waals surface area contributed by atoms with Gasteiger partial charge in [-0.05, 0) is 24.3 Å². The molecule has 0 aromatic carbocycles. The second kappa shape index (κ2) is 2.47. The Morgan fingerprint density at radius 2 is 2.25 bits per heavy atom. The van der Waals surface area contributed by atoms with E-state index in [1.54, 1.807) is 10.6 Å². The second-order valence-corrected chi connectivity index (χ2v) is 3.57. The molecule has 1 heterocycles. The van der Waals surface area contributed by atoms with Crippen LogP contribution in [-0.4, -0.2) is 4.57 Å². The molecule has 1 atom stereocenters. The van der Waals surface area contributed by atoms with Gasteiger partial charge in [0, 0.05) is 18.8 Å². The van der Waals surface area contributed by atoms with Crippen LogP contribution >= 0.6 is 0 Å². The van der Waals surface area contributed by atoms with Gasteiger partial charge < -0.3 is 4.57 Å². The zero-order chi connectivity index (χ0) is 8.72. The number of hydrogen-bond donors (Lipinski definition) is 0. The van der Waals surface area contributed by atoms with E-state index in [2.05, 4.69) is 6.92 Å². The highest BCUT2D eigenvalue weighted by Crippen LogP contribution is 2.30. The van der Waals surface area contributed by atoms with Crippen molar-refractivity contribution >= 4 is 0 Å². The van der Waals surface area contributed by atoms with Gasteiger partial charge in [0.2, 0.25) is 5.56 Å². The van der Waals surface area contributed by atoms with Crippen molar-refractivity contribution < 1.29 is 0 Å². The third-order valence-electron chi connectivity index (χ3n) is 2.82. The van der Waals surface area contributed by atoms with E-state index < -0.39 is 0 Å². The zero-order valence-corrected chi connectivity index (χ0v) is 7.50. The Labute approximate surface area is 71.8 Å². The molecule has 2 heteroatoms. The lowest BCUT2D eigenvalue weighted by atomic mass is 10.1. The summed E-state index contributed by atoms with van der Waals surface area (Å²) in [4.78, 5) is 11.2. The molecule has 0 saturated heterocycles. The van der Waals surface area contributed by atoms with E-state index in [9.17, 15) is 4.79 Å². The average molecular weight is 163 g/mol. The first kappa shape index (κ1) is 7.59. The summed E-state index contributed by atoms with van der Waals surface area (Å²) in [5.74, 6) is 0.631. The zero-order valence-electron chi connectivity index (χ0n) is 7.50. The van der Waals surface area contributed by atoms with Crippen LogP contribution in [0, 0.1) is 0 Å². The van der Waals surface area contributed by atoms with Gasteiger partial charge in [-0.1, -0.05) is 13.0 Å². The van der Waals surface area contributed by atoms with Gasteiger partial charge >= 0.3 is 0 Å². The molecule has 0 radical (unpaired) electrons. The molecule has 2 rings (SSSR count). The van der Waals surface area contributed by atoms with Crippen molar-refractivity contribution in [1.82, 2.24) is 4.57 Å². The van der Waals surface area contributed by atoms with Crippen LogP contribution in [0.25, 0.3) is 0 Å². The van der Waals surface area contributed by atoms with Crippen LogP contribution < -0.4 is 5.56 Å². The van der Waals surface area contributed by atoms with Gasteiger partial charge in [-0.25, -0.2) is 0 Å². The van der Waals surface area contributed by atoms with E-state index in [0.29, 0.717) is 5.92 Å². The highest BCUT2D eigenvalue weighted by Gasteiger charge is 2.20. The molecule has 1 aromatic rings. The Hall–Kier alpha value is -1.05. The van der Waals surface area contributed by atoms with Crippen molar-refractivity contribution in [3.05, 3.63) is 33.7 Å². The first-order valence-corrected chi connectivity index (χ1v) is 4.39. The number of fused-ring (bicyclic) bond motifs is 1. The van der Waals surface area contributed by atoms with Crippen molar-refractivity contribution in [2.45, 2.75) is 25.7 Å². The maximum absolute atomic E-state index is 11.2. The van der Waals surface area contributed by atoms with Crippen LogP contribution in [0.4, 0.5) is 0 Å². The van der Waals surface area contributed by atoms with Crippen molar-refractivity contribution in [1.29, 1.82) is 0 Å². The first-order valence-electron chi connectivity index (χ1n) is 4.39. The van der Waals surface area contributed by atoms with Crippen LogP contribution in [0.1, 0.15) is 30.5 Å². The predicted molar refractivity (Wildman–Crippen MR) is 48.4 cm³/mol. The number of nitrogens with zero attached hydrogens (tertiary/aromatic N) is 1. The summed E-state index contributed by atoms with van der Waals surface area (Å²) in [5, 5.41) is 0. The number of aromatic nitrogens is 1. The van der Waals surface area contributed by atoms with Crippen molar-refractivity contribution in [2.24, 2.45) is 7.05 Å². The van der Waals surface area contributed by atoms with Gasteiger partial charge in [-0.2, -0.15) is 0 Å². The highest BCUT2D eigenvalue weighted by atomic mass is 16.1. The molecule has 12 heavy (non-hydrogen) atoms. The van der Waals surface area contributed by atoms with E-state index in [0.717, 1.165) is 6.42 Å².